The van der Waals surface area contributed by atoms with Crippen molar-refractivity contribution in [2.24, 2.45) is 5.10 Å². The summed E-state index contributed by atoms with van der Waals surface area (Å²) in [6.45, 7) is 1.69. The van der Waals surface area contributed by atoms with E-state index < -0.39 is 0 Å². The Kier molecular flexibility index (Phi) is 1.41. The van der Waals surface area contributed by atoms with Gasteiger partial charge in [0.1, 0.15) is 11.6 Å². The van der Waals surface area contributed by atoms with Crippen molar-refractivity contribution >= 4 is 17.3 Å². The van der Waals surface area contributed by atoms with Crippen LogP contribution in [0.5, 0.6) is 0 Å². The molecule has 0 unspecified atom stereocenters. The molecular formula is C5H3ClN3. The quantitative estimate of drug-likeness (QED) is 0.463. The highest BCUT2D eigenvalue weighted by Gasteiger charge is 2.14. The van der Waals surface area contributed by atoms with E-state index in [4.69, 9.17) is 16.9 Å². The highest BCUT2D eigenvalue weighted by Crippen LogP contribution is 2.14. The van der Waals surface area contributed by atoms with Gasteiger partial charge in [-0.3, -0.25) is 0 Å². The Morgan fingerprint density at radius 3 is 2.56 bits per heavy atom. The van der Waals surface area contributed by atoms with Gasteiger partial charge in [0.25, 0.3) is 0 Å². The Morgan fingerprint density at radius 2 is 2.33 bits per heavy atom. The normalized spacial score (nSPS) is 16.8. The van der Waals surface area contributed by atoms with Crippen molar-refractivity contribution < 1.29 is 0 Å². The van der Waals surface area contributed by atoms with Gasteiger partial charge in [-0.05, 0) is 6.92 Å². The SMILES string of the molecule is CC1=N[N]C(Cl)=C1C#N. The lowest BCUT2D eigenvalue weighted by atomic mass is 10.2. The van der Waals surface area contributed by atoms with E-state index in [2.05, 4.69) is 10.5 Å². The molecule has 0 bridgehead atoms. The predicted octanol–water partition coefficient (Wildman–Crippen LogP) is 0.954. The van der Waals surface area contributed by atoms with Crippen molar-refractivity contribution in [1.82, 2.24) is 5.43 Å². The first kappa shape index (κ1) is 6.12. The van der Waals surface area contributed by atoms with Gasteiger partial charge in [0.05, 0.1) is 5.71 Å². The van der Waals surface area contributed by atoms with Crippen LogP contribution in [0.15, 0.2) is 15.8 Å². The van der Waals surface area contributed by atoms with Gasteiger partial charge in [-0.1, -0.05) is 11.6 Å². The molecule has 1 aliphatic heterocycles. The van der Waals surface area contributed by atoms with Crippen LogP contribution in [-0.4, -0.2) is 5.71 Å². The van der Waals surface area contributed by atoms with Crippen molar-refractivity contribution in [2.75, 3.05) is 0 Å². The minimum absolute atomic E-state index is 0.190. The Balaban J connectivity index is 3.01. The highest BCUT2D eigenvalue weighted by atomic mass is 35.5. The second kappa shape index (κ2) is 2.08. The van der Waals surface area contributed by atoms with Crippen LogP contribution in [0.1, 0.15) is 6.92 Å². The molecule has 3 nitrogen and oxygen atoms in total. The number of nitrogens with zero attached hydrogens (tertiary/aromatic N) is 3. The zero-order valence-electron chi connectivity index (χ0n) is 4.72. The molecule has 0 spiro atoms. The van der Waals surface area contributed by atoms with Crippen molar-refractivity contribution in [3.63, 3.8) is 0 Å². The molecule has 0 aromatic carbocycles. The van der Waals surface area contributed by atoms with E-state index in [0.29, 0.717) is 11.3 Å². The van der Waals surface area contributed by atoms with Crippen LogP contribution in [0.4, 0.5) is 0 Å². The molecular weight excluding hydrogens is 138 g/mol. The Bertz CT molecular complexity index is 233. The van der Waals surface area contributed by atoms with Crippen LogP contribution in [0.3, 0.4) is 0 Å². The van der Waals surface area contributed by atoms with Gasteiger partial charge in [-0.2, -0.15) is 10.4 Å². The van der Waals surface area contributed by atoms with Crippen LogP contribution in [0.25, 0.3) is 0 Å². The average molecular weight is 141 g/mol. The molecule has 0 amide bonds. The van der Waals surface area contributed by atoms with E-state index in [1.165, 1.54) is 0 Å². The number of nitriles is 1. The van der Waals surface area contributed by atoms with E-state index >= 15 is 0 Å². The maximum atomic E-state index is 8.37. The third-order valence-electron chi connectivity index (χ3n) is 0.968. The molecule has 1 radical (unpaired) electrons. The second-order valence-electron chi connectivity index (χ2n) is 1.56. The smallest absolute Gasteiger partial charge is 0.171 e. The van der Waals surface area contributed by atoms with E-state index in [1.54, 1.807) is 6.92 Å². The Hall–Kier alpha value is -1.01. The first-order chi connectivity index (χ1) is 4.25. The molecule has 9 heavy (non-hydrogen) atoms. The summed E-state index contributed by atoms with van der Waals surface area (Å²) in [6.07, 6.45) is 0. The van der Waals surface area contributed by atoms with E-state index in [1.807, 2.05) is 6.07 Å². The van der Waals surface area contributed by atoms with Gasteiger partial charge >= 0.3 is 0 Å². The third-order valence-corrected chi connectivity index (χ3v) is 1.23. The number of hydrogen-bond acceptors (Lipinski definition) is 2. The standard InChI is InChI=1S/C5H3ClN3/c1-3-4(2-7)5(6)9-8-3/h1H3. The molecule has 0 aliphatic carbocycles. The van der Waals surface area contributed by atoms with Crippen molar-refractivity contribution in [3.8, 4) is 6.07 Å². The molecule has 0 atom stereocenters. The molecule has 1 aliphatic rings. The second-order valence-corrected chi connectivity index (χ2v) is 1.92. The Labute approximate surface area is 57.6 Å². The topological polar surface area (TPSA) is 50.2 Å². The summed E-state index contributed by atoms with van der Waals surface area (Å²) in [5.74, 6) is 0. The minimum Gasteiger partial charge on any atom is -0.192 e. The van der Waals surface area contributed by atoms with E-state index in [0.717, 1.165) is 0 Å². The molecule has 45 valence electrons. The number of hydrogen-bond donors (Lipinski definition) is 0. The summed E-state index contributed by atoms with van der Waals surface area (Å²) in [5.41, 5.74) is 4.44. The molecule has 0 aromatic rings. The van der Waals surface area contributed by atoms with Gasteiger partial charge in [0.2, 0.25) is 0 Å². The van der Waals surface area contributed by atoms with Gasteiger partial charge in [-0.25, -0.2) is 0 Å². The highest BCUT2D eigenvalue weighted by molar-refractivity contribution is 6.33. The molecule has 0 fully saturated rings. The average Bonchev–Trinajstić information content (AvgIpc) is 2.12. The molecule has 1 rings (SSSR count). The van der Waals surface area contributed by atoms with Crippen molar-refractivity contribution in [2.45, 2.75) is 6.92 Å². The lowest BCUT2D eigenvalue weighted by Gasteiger charge is -1.82. The first-order valence-corrected chi connectivity index (χ1v) is 2.69. The summed E-state index contributed by atoms with van der Waals surface area (Å²) in [4.78, 5) is 0. The van der Waals surface area contributed by atoms with E-state index in [-0.39, 0.29) is 5.16 Å². The van der Waals surface area contributed by atoms with Crippen molar-refractivity contribution in [1.29, 1.82) is 5.26 Å². The number of halogens is 1. The van der Waals surface area contributed by atoms with Crippen LogP contribution in [0.2, 0.25) is 0 Å². The van der Waals surface area contributed by atoms with Crippen LogP contribution in [0, 0.1) is 11.3 Å². The monoisotopic (exact) mass is 140 g/mol. The summed E-state index contributed by atoms with van der Waals surface area (Å²) >= 11 is 5.45. The fraction of sp³-hybridized carbons (Fsp3) is 0.200. The predicted molar refractivity (Wildman–Crippen MR) is 33.7 cm³/mol. The third kappa shape index (κ3) is 0.889. The maximum Gasteiger partial charge on any atom is 0.171 e. The van der Waals surface area contributed by atoms with Gasteiger partial charge < -0.3 is 0 Å². The molecule has 4 heteroatoms. The molecule has 0 saturated heterocycles. The summed E-state index contributed by atoms with van der Waals surface area (Å²) in [7, 11) is 0. The molecule has 0 saturated carbocycles. The summed E-state index contributed by atoms with van der Waals surface area (Å²) in [6, 6.07) is 1.89. The maximum absolute atomic E-state index is 8.37. The van der Waals surface area contributed by atoms with Crippen LogP contribution in [-0.2, 0) is 0 Å². The van der Waals surface area contributed by atoms with E-state index in [9.17, 15) is 0 Å². The van der Waals surface area contributed by atoms with Crippen LogP contribution >= 0.6 is 11.6 Å². The molecule has 0 N–H and O–H groups in total. The number of allylic oxidation sites excluding steroid dienone is 1. The summed E-state index contributed by atoms with van der Waals surface area (Å²) in [5, 5.41) is 12.1. The first-order valence-electron chi connectivity index (χ1n) is 2.31. The van der Waals surface area contributed by atoms with Gasteiger partial charge in [0.15, 0.2) is 5.16 Å². The fourth-order valence-corrected chi connectivity index (χ4v) is 0.712. The fourth-order valence-electron chi connectivity index (χ4n) is 0.495. The van der Waals surface area contributed by atoms with Crippen molar-refractivity contribution in [3.05, 3.63) is 10.7 Å². The largest absolute Gasteiger partial charge is 0.192 e. The number of rotatable bonds is 0. The molecule has 0 aromatic heterocycles. The minimum atomic E-state index is 0.190. The lowest BCUT2D eigenvalue weighted by molar-refractivity contribution is 0.948. The molecule has 1 heterocycles. The zero-order valence-corrected chi connectivity index (χ0v) is 5.48. The zero-order chi connectivity index (χ0) is 6.85. The van der Waals surface area contributed by atoms with Crippen LogP contribution < -0.4 is 5.43 Å². The summed E-state index contributed by atoms with van der Waals surface area (Å²) < 4.78 is 0. The van der Waals surface area contributed by atoms with Gasteiger partial charge in [0, 0.05) is 0 Å². The Morgan fingerprint density at radius 1 is 1.67 bits per heavy atom. The van der Waals surface area contributed by atoms with Gasteiger partial charge in [-0.15, -0.1) is 5.43 Å². The lowest BCUT2D eigenvalue weighted by Crippen LogP contribution is -1.88.